The Bertz CT molecular complexity index is 989. The van der Waals surface area contributed by atoms with E-state index in [9.17, 15) is 13.2 Å². The van der Waals surface area contributed by atoms with Crippen molar-refractivity contribution in [1.29, 1.82) is 0 Å². The van der Waals surface area contributed by atoms with Crippen LogP contribution in [0.15, 0.2) is 18.5 Å². The molecule has 3 aromatic rings. The van der Waals surface area contributed by atoms with Gasteiger partial charge in [-0.05, 0) is 38.3 Å². The highest BCUT2D eigenvalue weighted by molar-refractivity contribution is 5.87. The van der Waals surface area contributed by atoms with Crippen molar-refractivity contribution in [2.45, 2.75) is 32.4 Å². The van der Waals surface area contributed by atoms with Crippen molar-refractivity contribution < 1.29 is 13.2 Å². The van der Waals surface area contributed by atoms with Gasteiger partial charge in [0, 0.05) is 31.4 Å². The van der Waals surface area contributed by atoms with Crippen LogP contribution in [0.4, 0.5) is 19.0 Å². The fourth-order valence-corrected chi connectivity index (χ4v) is 3.52. The van der Waals surface area contributed by atoms with E-state index < -0.39 is 11.9 Å². The van der Waals surface area contributed by atoms with Gasteiger partial charge in [-0.15, -0.1) is 0 Å². The number of imidazole rings is 1. The molecule has 4 rings (SSSR count). The van der Waals surface area contributed by atoms with Crippen LogP contribution < -0.4 is 4.90 Å². The molecule has 9 heteroatoms. The van der Waals surface area contributed by atoms with Gasteiger partial charge in [-0.2, -0.15) is 13.2 Å². The first-order chi connectivity index (χ1) is 12.9. The topological polar surface area (TPSA) is 59.7 Å². The molecule has 142 valence electrons. The van der Waals surface area contributed by atoms with Crippen LogP contribution in [-0.4, -0.2) is 37.6 Å². The van der Waals surface area contributed by atoms with E-state index in [4.69, 9.17) is 0 Å². The largest absolute Gasteiger partial charge is 0.433 e. The van der Waals surface area contributed by atoms with Gasteiger partial charge in [-0.1, -0.05) is 0 Å². The highest BCUT2D eigenvalue weighted by atomic mass is 19.4. The third-order valence-electron chi connectivity index (χ3n) is 4.91. The van der Waals surface area contributed by atoms with Crippen LogP contribution in [0.1, 0.15) is 30.7 Å². The minimum Gasteiger partial charge on any atom is -0.355 e. The van der Waals surface area contributed by atoms with Gasteiger partial charge in [0.05, 0.1) is 0 Å². The number of aryl methyl sites for hydroxylation is 2. The fraction of sp³-hybridized carbons (Fsp3) is 0.444. The normalized spacial score (nSPS) is 15.5. The van der Waals surface area contributed by atoms with E-state index in [1.54, 1.807) is 18.5 Å². The first-order valence-electron chi connectivity index (χ1n) is 8.84. The maximum atomic E-state index is 12.9. The summed E-state index contributed by atoms with van der Waals surface area (Å²) in [6.45, 7) is 3.39. The molecule has 0 aliphatic carbocycles. The summed E-state index contributed by atoms with van der Waals surface area (Å²) in [6, 6.07) is 2.40. The van der Waals surface area contributed by atoms with Crippen LogP contribution in [0, 0.1) is 6.92 Å². The van der Waals surface area contributed by atoms with Gasteiger partial charge < -0.3 is 9.47 Å². The molecular weight excluding hydrogens is 357 g/mol. The maximum Gasteiger partial charge on any atom is 0.433 e. The van der Waals surface area contributed by atoms with E-state index in [1.165, 1.54) is 18.8 Å². The van der Waals surface area contributed by atoms with Gasteiger partial charge in [0.2, 0.25) is 0 Å². The zero-order valence-corrected chi connectivity index (χ0v) is 15.1. The zero-order valence-electron chi connectivity index (χ0n) is 15.1. The quantitative estimate of drug-likeness (QED) is 0.682. The third-order valence-corrected chi connectivity index (χ3v) is 4.91. The molecule has 0 saturated carbocycles. The number of hydrogen-bond donors (Lipinski definition) is 0. The lowest BCUT2D eigenvalue weighted by Gasteiger charge is -2.27. The van der Waals surface area contributed by atoms with Crippen LogP contribution in [0.25, 0.3) is 22.6 Å². The molecule has 0 N–H and O–H groups in total. The molecule has 0 atom stereocenters. The Hall–Kier alpha value is -2.71. The van der Waals surface area contributed by atoms with Crippen molar-refractivity contribution >= 4 is 17.0 Å². The van der Waals surface area contributed by atoms with Crippen molar-refractivity contribution in [3.05, 3.63) is 29.8 Å². The Morgan fingerprint density at radius 1 is 1.00 bits per heavy atom. The minimum absolute atomic E-state index is 0.274. The molecule has 1 saturated heterocycles. The molecule has 0 radical (unpaired) electrons. The molecule has 1 aliphatic heterocycles. The Labute approximate surface area is 154 Å². The standard InChI is InChI=1S/C18H19F3N6/c1-11-12(6-7-13(24-11)18(19,20)21)15-25-14-16(26(15)2)22-10-23-17(14)27-8-4-3-5-9-27/h6-7,10H,3-5,8-9H2,1-2H3. The van der Waals surface area contributed by atoms with Gasteiger partial charge in [0.1, 0.15) is 17.8 Å². The first-order valence-corrected chi connectivity index (χ1v) is 8.84. The summed E-state index contributed by atoms with van der Waals surface area (Å²) in [5.74, 6) is 1.31. The highest BCUT2D eigenvalue weighted by Crippen LogP contribution is 2.33. The molecule has 0 aromatic carbocycles. The lowest BCUT2D eigenvalue weighted by Crippen LogP contribution is -2.30. The van der Waals surface area contributed by atoms with Gasteiger partial charge in [0.25, 0.3) is 0 Å². The lowest BCUT2D eigenvalue weighted by atomic mass is 10.1. The average molecular weight is 376 g/mol. The molecular formula is C18H19F3N6. The van der Waals surface area contributed by atoms with Crippen LogP contribution in [-0.2, 0) is 13.2 Å². The average Bonchev–Trinajstić information content (AvgIpc) is 2.98. The summed E-state index contributed by atoms with van der Waals surface area (Å²) in [7, 11) is 1.80. The summed E-state index contributed by atoms with van der Waals surface area (Å²) >= 11 is 0. The number of pyridine rings is 1. The number of rotatable bonds is 2. The van der Waals surface area contributed by atoms with E-state index in [0.717, 1.165) is 37.8 Å². The van der Waals surface area contributed by atoms with E-state index in [0.29, 0.717) is 22.6 Å². The molecule has 4 heterocycles. The second-order valence-corrected chi connectivity index (χ2v) is 6.74. The number of piperidine rings is 1. The monoisotopic (exact) mass is 376 g/mol. The van der Waals surface area contributed by atoms with E-state index in [-0.39, 0.29) is 5.69 Å². The predicted molar refractivity (Wildman–Crippen MR) is 95.3 cm³/mol. The number of anilines is 1. The van der Waals surface area contributed by atoms with Crippen molar-refractivity contribution in [1.82, 2.24) is 24.5 Å². The van der Waals surface area contributed by atoms with Crippen molar-refractivity contribution in [2.75, 3.05) is 18.0 Å². The lowest BCUT2D eigenvalue weighted by molar-refractivity contribution is -0.141. The SMILES string of the molecule is Cc1nc(C(F)(F)F)ccc1-c1nc2c(N3CCCCC3)ncnc2n1C. The summed E-state index contributed by atoms with van der Waals surface area (Å²) in [5.41, 5.74) is 1.23. The summed E-state index contributed by atoms with van der Waals surface area (Å²) in [6.07, 6.45) is 0.451. The molecule has 0 amide bonds. The van der Waals surface area contributed by atoms with Crippen molar-refractivity contribution in [3.63, 3.8) is 0 Å². The predicted octanol–water partition coefficient (Wildman–Crippen LogP) is 3.74. The van der Waals surface area contributed by atoms with Crippen LogP contribution in [0.3, 0.4) is 0 Å². The van der Waals surface area contributed by atoms with Crippen LogP contribution >= 0.6 is 0 Å². The number of alkyl halides is 3. The Balaban J connectivity index is 1.83. The number of halogens is 3. The number of hydrogen-bond acceptors (Lipinski definition) is 5. The van der Waals surface area contributed by atoms with E-state index >= 15 is 0 Å². The van der Waals surface area contributed by atoms with Crippen molar-refractivity contribution in [2.24, 2.45) is 7.05 Å². The third kappa shape index (κ3) is 3.11. The van der Waals surface area contributed by atoms with E-state index in [1.807, 2.05) is 0 Å². The molecule has 27 heavy (non-hydrogen) atoms. The summed E-state index contributed by atoms with van der Waals surface area (Å²) in [4.78, 5) is 19.4. The minimum atomic E-state index is -4.47. The van der Waals surface area contributed by atoms with Gasteiger partial charge >= 0.3 is 6.18 Å². The molecule has 3 aromatic heterocycles. The molecule has 0 spiro atoms. The van der Waals surface area contributed by atoms with Gasteiger partial charge in [-0.25, -0.2) is 19.9 Å². The molecule has 1 aliphatic rings. The molecule has 0 bridgehead atoms. The summed E-state index contributed by atoms with van der Waals surface area (Å²) < 4.78 is 40.5. The summed E-state index contributed by atoms with van der Waals surface area (Å²) in [5, 5.41) is 0. The zero-order chi connectivity index (χ0) is 19.2. The number of nitrogens with zero attached hydrogens (tertiary/aromatic N) is 6. The molecule has 1 fully saturated rings. The second-order valence-electron chi connectivity index (χ2n) is 6.74. The van der Waals surface area contributed by atoms with Gasteiger partial charge in [-0.3, -0.25) is 0 Å². The van der Waals surface area contributed by atoms with Crippen molar-refractivity contribution in [3.8, 4) is 11.4 Å². The van der Waals surface area contributed by atoms with Crippen LogP contribution in [0.5, 0.6) is 0 Å². The first kappa shape index (κ1) is 17.7. The van der Waals surface area contributed by atoms with Crippen LogP contribution in [0.2, 0.25) is 0 Å². The number of aromatic nitrogens is 5. The number of fused-ring (bicyclic) bond motifs is 1. The smallest absolute Gasteiger partial charge is 0.355 e. The Morgan fingerprint density at radius 2 is 1.74 bits per heavy atom. The molecule has 6 nitrogen and oxygen atoms in total. The van der Waals surface area contributed by atoms with Gasteiger partial charge in [0.15, 0.2) is 17.0 Å². The van der Waals surface area contributed by atoms with E-state index in [2.05, 4.69) is 24.8 Å². The maximum absolute atomic E-state index is 12.9. The molecule has 0 unspecified atom stereocenters. The highest BCUT2D eigenvalue weighted by Gasteiger charge is 2.33. The fourth-order valence-electron chi connectivity index (χ4n) is 3.52. The second kappa shape index (κ2) is 6.47. The Morgan fingerprint density at radius 3 is 2.41 bits per heavy atom. The Kier molecular flexibility index (Phi) is 4.24.